The van der Waals surface area contributed by atoms with Gasteiger partial charge in [0.25, 0.3) is 5.91 Å². The molecule has 2 N–H and O–H groups in total. The maximum Gasteiger partial charge on any atom is 0.273 e. The Hall–Kier alpha value is -0.890. The Morgan fingerprint density at radius 3 is 2.58 bits per heavy atom. The molecule has 26 heavy (non-hydrogen) atoms. The number of carbonyl (C=O) groups excluding carboxylic acids is 1. The highest BCUT2D eigenvalue weighted by molar-refractivity contribution is 5.93. The van der Waals surface area contributed by atoms with Crippen molar-refractivity contribution < 1.29 is 4.79 Å². The number of amides is 1. The van der Waals surface area contributed by atoms with Gasteiger partial charge >= 0.3 is 0 Å². The van der Waals surface area contributed by atoms with Crippen molar-refractivity contribution in [2.24, 2.45) is 0 Å². The van der Waals surface area contributed by atoms with E-state index < -0.39 is 0 Å². The molecule has 0 spiro atoms. The van der Waals surface area contributed by atoms with Gasteiger partial charge in [-0.05, 0) is 71.8 Å². The lowest BCUT2D eigenvalue weighted by Crippen LogP contribution is -2.33. The van der Waals surface area contributed by atoms with Crippen LogP contribution >= 0.6 is 24.8 Å². The van der Waals surface area contributed by atoms with Crippen molar-refractivity contribution in [2.45, 2.75) is 51.5 Å². The number of hydrogen-bond acceptors (Lipinski definition) is 5. The first-order valence-corrected chi connectivity index (χ1v) is 9.39. The predicted molar refractivity (Wildman–Crippen MR) is 108 cm³/mol. The summed E-state index contributed by atoms with van der Waals surface area (Å²) in [4.78, 5) is 14.9. The highest BCUT2D eigenvalue weighted by Crippen LogP contribution is 2.20. The molecule has 2 aliphatic rings. The maximum atomic E-state index is 12.4. The number of carbonyl (C=O) groups is 1. The van der Waals surface area contributed by atoms with E-state index in [2.05, 4.69) is 25.8 Å². The number of rotatable bonds is 6. The van der Waals surface area contributed by atoms with Gasteiger partial charge in [0, 0.05) is 6.54 Å². The van der Waals surface area contributed by atoms with E-state index in [1.54, 1.807) is 0 Å². The molecule has 2 saturated heterocycles. The number of piperidine rings is 2. The molecule has 150 valence electrons. The minimum atomic E-state index is -0.0914. The van der Waals surface area contributed by atoms with Crippen LogP contribution in [0.25, 0.3) is 0 Å². The molecule has 2 fully saturated rings. The van der Waals surface area contributed by atoms with Crippen molar-refractivity contribution in [3.63, 3.8) is 0 Å². The van der Waals surface area contributed by atoms with E-state index in [1.807, 2.05) is 11.6 Å². The largest absolute Gasteiger partial charge is 0.351 e. The van der Waals surface area contributed by atoms with Gasteiger partial charge in [0.05, 0.1) is 11.7 Å². The Morgan fingerprint density at radius 2 is 1.88 bits per heavy atom. The van der Waals surface area contributed by atoms with Gasteiger partial charge in [0.2, 0.25) is 0 Å². The SMILES string of the molecule is Cc1c(C(=O)NCCCN2CCCCC2)nnn1C1CCNCC1.Cl.Cl. The summed E-state index contributed by atoms with van der Waals surface area (Å²) in [5.74, 6) is -0.0914. The van der Waals surface area contributed by atoms with Crippen LogP contribution in [0, 0.1) is 6.92 Å². The van der Waals surface area contributed by atoms with Crippen LogP contribution in [-0.2, 0) is 0 Å². The van der Waals surface area contributed by atoms with Gasteiger partial charge in [-0.1, -0.05) is 11.6 Å². The van der Waals surface area contributed by atoms with Crippen LogP contribution in [0.4, 0.5) is 0 Å². The van der Waals surface area contributed by atoms with Gasteiger partial charge in [0.15, 0.2) is 5.69 Å². The standard InChI is InChI=1S/C17H30N6O.2ClH/c1-14-16(20-21-23(14)15-6-9-18-10-7-15)17(24)19-8-5-13-22-11-3-2-4-12-22;;/h15,18H,2-13H2,1H3,(H,19,24);2*1H. The first-order valence-electron chi connectivity index (χ1n) is 9.39. The minimum absolute atomic E-state index is 0. The molecule has 0 unspecified atom stereocenters. The fourth-order valence-corrected chi connectivity index (χ4v) is 3.72. The van der Waals surface area contributed by atoms with Gasteiger partial charge < -0.3 is 15.5 Å². The van der Waals surface area contributed by atoms with E-state index in [1.165, 1.54) is 32.4 Å². The fourth-order valence-electron chi connectivity index (χ4n) is 3.72. The molecular weight excluding hydrogens is 375 g/mol. The lowest BCUT2D eigenvalue weighted by atomic mass is 10.1. The third-order valence-corrected chi connectivity index (χ3v) is 5.18. The molecular formula is C17H32Cl2N6O. The zero-order valence-electron chi connectivity index (χ0n) is 15.6. The minimum Gasteiger partial charge on any atom is -0.351 e. The van der Waals surface area contributed by atoms with Crippen LogP contribution in [0.15, 0.2) is 0 Å². The van der Waals surface area contributed by atoms with Crippen molar-refractivity contribution in [3.05, 3.63) is 11.4 Å². The van der Waals surface area contributed by atoms with Gasteiger partial charge in [-0.2, -0.15) is 0 Å². The van der Waals surface area contributed by atoms with Crippen LogP contribution in [0.2, 0.25) is 0 Å². The maximum absolute atomic E-state index is 12.4. The van der Waals surface area contributed by atoms with E-state index in [-0.39, 0.29) is 30.7 Å². The van der Waals surface area contributed by atoms with Gasteiger partial charge in [-0.3, -0.25) is 4.79 Å². The fraction of sp³-hybridized carbons (Fsp3) is 0.824. The molecule has 0 bridgehead atoms. The third kappa shape index (κ3) is 6.08. The summed E-state index contributed by atoms with van der Waals surface area (Å²) in [5.41, 5.74) is 1.36. The number of halogens is 2. The highest BCUT2D eigenvalue weighted by Gasteiger charge is 2.22. The Labute approximate surface area is 168 Å². The summed E-state index contributed by atoms with van der Waals surface area (Å²) in [6.07, 6.45) is 7.06. The number of hydrogen-bond donors (Lipinski definition) is 2. The summed E-state index contributed by atoms with van der Waals surface area (Å²) >= 11 is 0. The molecule has 7 nitrogen and oxygen atoms in total. The van der Waals surface area contributed by atoms with E-state index in [0.717, 1.165) is 44.6 Å². The first-order chi connectivity index (χ1) is 11.8. The quantitative estimate of drug-likeness (QED) is 0.706. The molecule has 2 aliphatic heterocycles. The normalized spacial score (nSPS) is 18.7. The van der Waals surface area contributed by atoms with E-state index in [4.69, 9.17) is 0 Å². The monoisotopic (exact) mass is 406 g/mol. The molecule has 1 aromatic rings. The van der Waals surface area contributed by atoms with Crippen LogP contribution in [-0.4, -0.2) is 65.1 Å². The molecule has 0 atom stereocenters. The van der Waals surface area contributed by atoms with Crippen molar-refractivity contribution in [1.29, 1.82) is 0 Å². The topological polar surface area (TPSA) is 75.1 Å². The number of aromatic nitrogens is 3. The summed E-state index contributed by atoms with van der Waals surface area (Å²) < 4.78 is 1.93. The van der Waals surface area contributed by atoms with Crippen molar-refractivity contribution >= 4 is 30.7 Å². The smallest absolute Gasteiger partial charge is 0.273 e. The Kier molecular flexibility index (Phi) is 10.5. The van der Waals surface area contributed by atoms with Crippen LogP contribution in [0.5, 0.6) is 0 Å². The molecule has 9 heteroatoms. The molecule has 1 aromatic heterocycles. The van der Waals surface area contributed by atoms with Gasteiger partial charge in [-0.15, -0.1) is 29.9 Å². The second-order valence-corrected chi connectivity index (χ2v) is 6.96. The van der Waals surface area contributed by atoms with Crippen LogP contribution in [0.3, 0.4) is 0 Å². The first kappa shape index (κ1) is 23.1. The summed E-state index contributed by atoms with van der Waals surface area (Å²) in [6.45, 7) is 8.14. The zero-order chi connectivity index (χ0) is 16.8. The number of nitrogens with zero attached hydrogens (tertiary/aromatic N) is 4. The number of likely N-dealkylation sites (tertiary alicyclic amines) is 1. The van der Waals surface area contributed by atoms with Gasteiger partial charge in [-0.25, -0.2) is 4.68 Å². The van der Waals surface area contributed by atoms with Crippen molar-refractivity contribution in [3.8, 4) is 0 Å². The molecule has 1 amide bonds. The lowest BCUT2D eigenvalue weighted by molar-refractivity contribution is 0.0945. The van der Waals surface area contributed by atoms with Crippen LogP contribution < -0.4 is 10.6 Å². The van der Waals surface area contributed by atoms with Crippen LogP contribution in [0.1, 0.15) is 60.7 Å². The number of nitrogens with one attached hydrogen (secondary N) is 2. The van der Waals surface area contributed by atoms with E-state index >= 15 is 0 Å². The Balaban J connectivity index is 0.00000169. The van der Waals surface area contributed by atoms with Crippen molar-refractivity contribution in [1.82, 2.24) is 30.5 Å². The second kappa shape index (κ2) is 11.7. The molecule has 0 radical (unpaired) electrons. The average molecular weight is 407 g/mol. The van der Waals surface area contributed by atoms with Crippen molar-refractivity contribution in [2.75, 3.05) is 39.3 Å². The Bertz CT molecular complexity index is 541. The second-order valence-electron chi connectivity index (χ2n) is 6.96. The molecule has 0 aliphatic carbocycles. The molecule has 3 heterocycles. The van der Waals surface area contributed by atoms with E-state index in [9.17, 15) is 4.79 Å². The third-order valence-electron chi connectivity index (χ3n) is 5.18. The summed E-state index contributed by atoms with van der Waals surface area (Å²) in [5, 5.41) is 14.7. The predicted octanol–water partition coefficient (Wildman–Crippen LogP) is 1.96. The summed E-state index contributed by atoms with van der Waals surface area (Å²) in [7, 11) is 0. The molecule has 0 saturated carbocycles. The highest BCUT2D eigenvalue weighted by atomic mass is 35.5. The molecule has 3 rings (SSSR count). The molecule has 0 aromatic carbocycles. The van der Waals surface area contributed by atoms with E-state index in [0.29, 0.717) is 18.3 Å². The average Bonchev–Trinajstić information content (AvgIpc) is 3.02. The summed E-state index contributed by atoms with van der Waals surface area (Å²) in [6, 6.07) is 0.361. The lowest BCUT2D eigenvalue weighted by Gasteiger charge is -2.26. The van der Waals surface area contributed by atoms with Gasteiger partial charge in [0.1, 0.15) is 0 Å². The zero-order valence-corrected chi connectivity index (χ0v) is 17.2. The Morgan fingerprint density at radius 1 is 1.19 bits per heavy atom.